The molecule has 0 saturated carbocycles. The standard InChI is InChI=1S/C28H34N2O5/c1-18(2)13-14-24(25(31)30-16-8-15-28(30,3)26(32)33)29-27(34)35-17-23-21-11-6-4-9-19(21)20-10-5-7-12-22(20)23/h4-7,9-12,18,23-24H,8,13-17H2,1-3H3,(H,29,34)(H,32,33). The van der Waals surface area contributed by atoms with Crippen LogP contribution in [0.4, 0.5) is 4.79 Å². The number of ether oxygens (including phenoxy) is 1. The van der Waals surface area contributed by atoms with Gasteiger partial charge in [-0.3, -0.25) is 4.79 Å². The highest BCUT2D eigenvalue weighted by Gasteiger charge is 2.47. The number of nitrogens with one attached hydrogen (secondary N) is 1. The second-order valence-corrected chi connectivity index (χ2v) is 10.2. The summed E-state index contributed by atoms with van der Waals surface area (Å²) in [6.07, 6.45) is 1.50. The first-order valence-electron chi connectivity index (χ1n) is 12.4. The molecule has 2 unspecified atom stereocenters. The minimum Gasteiger partial charge on any atom is -0.480 e. The maximum atomic E-state index is 13.4. The predicted molar refractivity (Wildman–Crippen MR) is 133 cm³/mol. The van der Waals surface area contributed by atoms with Crippen molar-refractivity contribution < 1.29 is 24.2 Å². The van der Waals surface area contributed by atoms with Crippen molar-refractivity contribution in [1.82, 2.24) is 10.2 Å². The fourth-order valence-corrected chi connectivity index (χ4v) is 5.27. The molecule has 1 aliphatic heterocycles. The molecule has 2 atom stereocenters. The molecule has 0 spiro atoms. The molecule has 2 N–H and O–H groups in total. The van der Waals surface area contributed by atoms with Gasteiger partial charge in [-0.1, -0.05) is 62.4 Å². The fraction of sp³-hybridized carbons (Fsp3) is 0.464. The second kappa shape index (κ2) is 10.1. The van der Waals surface area contributed by atoms with E-state index in [2.05, 4.69) is 29.6 Å². The molecule has 0 bridgehead atoms. The Morgan fingerprint density at radius 2 is 1.66 bits per heavy atom. The van der Waals surface area contributed by atoms with E-state index >= 15 is 0 Å². The van der Waals surface area contributed by atoms with Crippen molar-refractivity contribution >= 4 is 18.0 Å². The number of benzene rings is 2. The summed E-state index contributed by atoms with van der Waals surface area (Å²) in [6.45, 7) is 6.19. The number of fused-ring (bicyclic) bond motifs is 3. The second-order valence-electron chi connectivity index (χ2n) is 10.2. The number of carboxylic acids is 1. The summed E-state index contributed by atoms with van der Waals surface area (Å²) in [5.41, 5.74) is 3.26. The van der Waals surface area contributed by atoms with Crippen LogP contribution in [-0.2, 0) is 14.3 Å². The van der Waals surface area contributed by atoms with Crippen molar-refractivity contribution in [1.29, 1.82) is 0 Å². The Bertz CT molecular complexity index is 1070. The first-order valence-corrected chi connectivity index (χ1v) is 12.4. The summed E-state index contributed by atoms with van der Waals surface area (Å²) in [6, 6.07) is 15.4. The van der Waals surface area contributed by atoms with Gasteiger partial charge in [-0.25, -0.2) is 9.59 Å². The van der Waals surface area contributed by atoms with Gasteiger partial charge in [-0.2, -0.15) is 0 Å². The number of nitrogens with zero attached hydrogens (tertiary/aromatic N) is 1. The minimum absolute atomic E-state index is 0.0770. The molecule has 0 radical (unpaired) electrons. The van der Waals surface area contributed by atoms with Gasteiger partial charge in [-0.15, -0.1) is 0 Å². The van der Waals surface area contributed by atoms with Crippen LogP contribution in [0.1, 0.15) is 63.5 Å². The zero-order valence-electron chi connectivity index (χ0n) is 20.6. The van der Waals surface area contributed by atoms with Crippen molar-refractivity contribution in [3.8, 4) is 11.1 Å². The van der Waals surface area contributed by atoms with E-state index in [0.29, 0.717) is 31.7 Å². The smallest absolute Gasteiger partial charge is 0.407 e. The van der Waals surface area contributed by atoms with Crippen LogP contribution in [0.5, 0.6) is 0 Å². The predicted octanol–water partition coefficient (Wildman–Crippen LogP) is 4.80. The monoisotopic (exact) mass is 478 g/mol. The maximum absolute atomic E-state index is 13.4. The molecule has 2 aromatic carbocycles. The molecule has 7 heteroatoms. The van der Waals surface area contributed by atoms with Crippen LogP contribution in [0, 0.1) is 5.92 Å². The third-order valence-electron chi connectivity index (χ3n) is 7.33. The lowest BCUT2D eigenvalue weighted by atomic mass is 9.97. The summed E-state index contributed by atoms with van der Waals surface area (Å²) in [5, 5.41) is 12.5. The van der Waals surface area contributed by atoms with E-state index in [1.165, 1.54) is 4.90 Å². The molecule has 1 heterocycles. The summed E-state index contributed by atoms with van der Waals surface area (Å²) in [7, 11) is 0. The Morgan fingerprint density at radius 1 is 1.06 bits per heavy atom. The van der Waals surface area contributed by atoms with Gasteiger partial charge in [-0.05, 0) is 60.8 Å². The van der Waals surface area contributed by atoms with Crippen molar-refractivity contribution in [3.05, 3.63) is 59.7 Å². The molecule has 1 fully saturated rings. The number of carbonyl (C=O) groups is 3. The van der Waals surface area contributed by atoms with Gasteiger partial charge in [0.15, 0.2) is 0 Å². The lowest BCUT2D eigenvalue weighted by Gasteiger charge is -2.34. The molecule has 2 amide bonds. The van der Waals surface area contributed by atoms with Gasteiger partial charge < -0.3 is 20.1 Å². The summed E-state index contributed by atoms with van der Waals surface area (Å²) < 4.78 is 5.65. The van der Waals surface area contributed by atoms with Crippen LogP contribution in [0.15, 0.2) is 48.5 Å². The van der Waals surface area contributed by atoms with Gasteiger partial charge in [0.2, 0.25) is 5.91 Å². The zero-order chi connectivity index (χ0) is 25.2. The SMILES string of the molecule is CC(C)CCC(NC(=O)OCC1c2ccccc2-c2ccccc21)C(=O)N1CCCC1(C)C(=O)O. The van der Waals surface area contributed by atoms with Crippen LogP contribution in [0.3, 0.4) is 0 Å². The molecule has 186 valence electrons. The van der Waals surface area contributed by atoms with E-state index in [1.54, 1.807) is 6.92 Å². The summed E-state index contributed by atoms with van der Waals surface area (Å²) in [4.78, 5) is 39.6. The first kappa shape index (κ1) is 24.8. The number of hydrogen-bond acceptors (Lipinski definition) is 4. The largest absolute Gasteiger partial charge is 0.480 e. The van der Waals surface area contributed by atoms with Crippen LogP contribution in [0.25, 0.3) is 11.1 Å². The Hall–Kier alpha value is -3.35. The Morgan fingerprint density at radius 3 is 2.23 bits per heavy atom. The zero-order valence-corrected chi connectivity index (χ0v) is 20.6. The number of alkyl carbamates (subject to hydrolysis) is 1. The molecule has 2 aliphatic rings. The normalized spacial score (nSPS) is 19.8. The molecular formula is C28H34N2O5. The molecule has 35 heavy (non-hydrogen) atoms. The molecule has 4 rings (SSSR count). The lowest BCUT2D eigenvalue weighted by molar-refractivity contribution is -0.156. The average Bonchev–Trinajstić information content (AvgIpc) is 3.39. The fourth-order valence-electron chi connectivity index (χ4n) is 5.27. The topological polar surface area (TPSA) is 95.9 Å². The van der Waals surface area contributed by atoms with Gasteiger partial charge in [0.05, 0.1) is 0 Å². The van der Waals surface area contributed by atoms with Gasteiger partial charge >= 0.3 is 12.1 Å². The molecular weight excluding hydrogens is 444 g/mol. The van der Waals surface area contributed by atoms with E-state index in [1.807, 2.05) is 38.1 Å². The van der Waals surface area contributed by atoms with Crippen LogP contribution < -0.4 is 5.32 Å². The Balaban J connectivity index is 1.46. The van der Waals surface area contributed by atoms with E-state index in [0.717, 1.165) is 28.7 Å². The molecule has 1 saturated heterocycles. The first-order chi connectivity index (χ1) is 16.7. The van der Waals surface area contributed by atoms with Gasteiger partial charge in [0, 0.05) is 12.5 Å². The average molecular weight is 479 g/mol. The van der Waals surface area contributed by atoms with E-state index in [-0.39, 0.29) is 18.4 Å². The third-order valence-corrected chi connectivity index (χ3v) is 7.33. The number of amides is 2. The van der Waals surface area contributed by atoms with Crippen molar-refractivity contribution in [2.45, 2.75) is 64.0 Å². The Labute approximate surface area is 206 Å². The van der Waals surface area contributed by atoms with Crippen molar-refractivity contribution in [3.63, 3.8) is 0 Å². The number of aliphatic carboxylic acids is 1. The molecule has 0 aromatic heterocycles. The number of likely N-dealkylation sites (tertiary alicyclic amines) is 1. The quantitative estimate of drug-likeness (QED) is 0.568. The maximum Gasteiger partial charge on any atom is 0.407 e. The highest BCUT2D eigenvalue weighted by molar-refractivity contribution is 5.91. The third kappa shape index (κ3) is 4.90. The van der Waals surface area contributed by atoms with Gasteiger partial charge in [0.1, 0.15) is 18.2 Å². The van der Waals surface area contributed by atoms with Crippen LogP contribution in [-0.4, -0.2) is 52.7 Å². The highest BCUT2D eigenvalue weighted by Crippen LogP contribution is 2.44. The van der Waals surface area contributed by atoms with E-state index < -0.39 is 23.6 Å². The number of rotatable bonds is 8. The molecule has 2 aromatic rings. The van der Waals surface area contributed by atoms with E-state index in [4.69, 9.17) is 4.74 Å². The van der Waals surface area contributed by atoms with Crippen molar-refractivity contribution in [2.75, 3.05) is 13.2 Å². The van der Waals surface area contributed by atoms with E-state index in [9.17, 15) is 19.5 Å². The lowest BCUT2D eigenvalue weighted by Crippen LogP contribution is -2.57. The minimum atomic E-state index is -1.25. The molecule has 7 nitrogen and oxygen atoms in total. The number of hydrogen-bond donors (Lipinski definition) is 2. The summed E-state index contributed by atoms with van der Waals surface area (Å²) >= 11 is 0. The van der Waals surface area contributed by atoms with Crippen LogP contribution >= 0.6 is 0 Å². The van der Waals surface area contributed by atoms with Crippen LogP contribution in [0.2, 0.25) is 0 Å². The molecule has 1 aliphatic carbocycles. The number of carbonyl (C=O) groups excluding carboxylic acids is 2. The summed E-state index contributed by atoms with van der Waals surface area (Å²) in [5.74, 6) is -1.13. The van der Waals surface area contributed by atoms with Gasteiger partial charge in [0.25, 0.3) is 0 Å². The Kier molecular flexibility index (Phi) is 7.15. The number of carboxylic acid groups (broad SMARTS) is 1. The van der Waals surface area contributed by atoms with Crippen molar-refractivity contribution in [2.24, 2.45) is 5.92 Å². The highest BCUT2D eigenvalue weighted by atomic mass is 16.5.